The van der Waals surface area contributed by atoms with E-state index in [1.807, 2.05) is 0 Å². The number of rotatable bonds is 6. The lowest BCUT2D eigenvalue weighted by Gasteiger charge is -2.37. The molecule has 1 aromatic heterocycles. The van der Waals surface area contributed by atoms with Crippen molar-refractivity contribution in [3.8, 4) is 5.88 Å². The number of pyridine rings is 1. The number of carboxylic acid groups (broad SMARTS) is 1. The lowest BCUT2D eigenvalue weighted by molar-refractivity contribution is -0.150. The van der Waals surface area contributed by atoms with Gasteiger partial charge in [0.1, 0.15) is 6.61 Å². The fraction of sp³-hybridized carbons (Fsp3) is 0.562. The van der Waals surface area contributed by atoms with E-state index in [2.05, 4.69) is 4.98 Å². The standard InChI is InChI=1S/C16H22N2O5/c1-16(15(20)21)5-3-7-18(11-16)14(19)12-4-6-17-13(10-12)23-9-8-22-2/h4,6,10H,3,5,7-9,11H2,1-2H3,(H,20,21). The van der Waals surface area contributed by atoms with Gasteiger partial charge in [-0.25, -0.2) is 4.98 Å². The molecule has 0 aromatic carbocycles. The molecule has 7 heteroatoms. The average molecular weight is 322 g/mol. The Morgan fingerprint density at radius 1 is 1.43 bits per heavy atom. The summed E-state index contributed by atoms with van der Waals surface area (Å²) in [5.74, 6) is -0.713. The molecular formula is C16H22N2O5. The number of hydrogen-bond donors (Lipinski definition) is 1. The molecular weight excluding hydrogens is 300 g/mol. The van der Waals surface area contributed by atoms with Crippen LogP contribution in [-0.2, 0) is 9.53 Å². The van der Waals surface area contributed by atoms with Crippen molar-refractivity contribution in [1.82, 2.24) is 9.88 Å². The summed E-state index contributed by atoms with van der Waals surface area (Å²) in [7, 11) is 1.58. The Morgan fingerprint density at radius 2 is 2.22 bits per heavy atom. The molecule has 1 amide bonds. The molecule has 0 aliphatic carbocycles. The van der Waals surface area contributed by atoms with Crippen LogP contribution >= 0.6 is 0 Å². The molecule has 1 atom stereocenters. The maximum absolute atomic E-state index is 12.6. The largest absolute Gasteiger partial charge is 0.481 e. The van der Waals surface area contributed by atoms with Gasteiger partial charge in [-0.05, 0) is 25.8 Å². The molecule has 2 rings (SSSR count). The van der Waals surface area contributed by atoms with E-state index in [0.29, 0.717) is 44.0 Å². The van der Waals surface area contributed by atoms with Gasteiger partial charge >= 0.3 is 5.97 Å². The number of nitrogens with zero attached hydrogens (tertiary/aromatic N) is 2. The maximum Gasteiger partial charge on any atom is 0.311 e. The summed E-state index contributed by atoms with van der Waals surface area (Å²) in [6, 6.07) is 3.18. The van der Waals surface area contributed by atoms with Crippen LogP contribution in [0, 0.1) is 5.41 Å². The molecule has 23 heavy (non-hydrogen) atoms. The van der Waals surface area contributed by atoms with Crippen LogP contribution in [0.15, 0.2) is 18.3 Å². The highest BCUT2D eigenvalue weighted by Crippen LogP contribution is 2.30. The van der Waals surface area contributed by atoms with Crippen molar-refractivity contribution in [2.75, 3.05) is 33.4 Å². The van der Waals surface area contributed by atoms with E-state index < -0.39 is 11.4 Å². The third-order valence-electron chi connectivity index (χ3n) is 4.02. The molecule has 0 radical (unpaired) electrons. The van der Waals surface area contributed by atoms with Gasteiger partial charge in [-0.1, -0.05) is 0 Å². The number of hydrogen-bond acceptors (Lipinski definition) is 5. The third-order valence-corrected chi connectivity index (χ3v) is 4.02. The van der Waals surface area contributed by atoms with Gasteiger partial charge in [0.05, 0.1) is 12.0 Å². The van der Waals surface area contributed by atoms with Crippen molar-refractivity contribution < 1.29 is 24.2 Å². The van der Waals surface area contributed by atoms with Crippen molar-refractivity contribution in [3.63, 3.8) is 0 Å². The predicted molar refractivity (Wildman–Crippen MR) is 82.5 cm³/mol. The van der Waals surface area contributed by atoms with Crippen molar-refractivity contribution in [3.05, 3.63) is 23.9 Å². The fourth-order valence-corrected chi connectivity index (χ4v) is 2.62. The molecule has 7 nitrogen and oxygen atoms in total. The molecule has 0 spiro atoms. The topological polar surface area (TPSA) is 89.0 Å². The summed E-state index contributed by atoms with van der Waals surface area (Å²) in [4.78, 5) is 29.7. The van der Waals surface area contributed by atoms with Crippen LogP contribution in [0.1, 0.15) is 30.1 Å². The van der Waals surface area contributed by atoms with Crippen LogP contribution in [0.2, 0.25) is 0 Å². The number of aliphatic carboxylic acids is 1. The van der Waals surface area contributed by atoms with Crippen LogP contribution in [0.5, 0.6) is 5.88 Å². The lowest BCUT2D eigenvalue weighted by Crippen LogP contribution is -2.48. The quantitative estimate of drug-likeness (QED) is 0.797. The minimum absolute atomic E-state index is 0.198. The summed E-state index contributed by atoms with van der Waals surface area (Å²) in [6.07, 6.45) is 2.76. The van der Waals surface area contributed by atoms with Gasteiger partial charge in [0, 0.05) is 38.0 Å². The summed E-state index contributed by atoms with van der Waals surface area (Å²) < 4.78 is 10.3. The number of ether oxygens (including phenoxy) is 2. The second-order valence-electron chi connectivity index (χ2n) is 5.92. The molecule has 2 heterocycles. The van der Waals surface area contributed by atoms with Crippen molar-refractivity contribution in [2.45, 2.75) is 19.8 Å². The third kappa shape index (κ3) is 4.19. The first kappa shape index (κ1) is 17.2. The monoisotopic (exact) mass is 322 g/mol. The highest BCUT2D eigenvalue weighted by molar-refractivity contribution is 5.95. The van der Waals surface area contributed by atoms with Crippen LogP contribution in [-0.4, -0.2) is 60.3 Å². The van der Waals surface area contributed by atoms with Crippen LogP contribution in [0.3, 0.4) is 0 Å². The Kier molecular flexibility index (Phi) is 5.54. The number of carbonyl (C=O) groups excluding carboxylic acids is 1. The molecule has 1 unspecified atom stereocenters. The fourth-order valence-electron chi connectivity index (χ4n) is 2.62. The Labute approximate surface area is 135 Å². The van der Waals surface area contributed by atoms with E-state index in [1.54, 1.807) is 31.1 Å². The van der Waals surface area contributed by atoms with Crippen LogP contribution in [0.25, 0.3) is 0 Å². The Hall–Kier alpha value is -2.15. The SMILES string of the molecule is COCCOc1cc(C(=O)N2CCCC(C)(C(=O)O)C2)ccn1. The summed E-state index contributed by atoms with van der Waals surface area (Å²) >= 11 is 0. The van der Waals surface area contributed by atoms with Crippen LogP contribution in [0.4, 0.5) is 0 Å². The second kappa shape index (κ2) is 7.41. The molecule has 126 valence electrons. The molecule has 1 N–H and O–H groups in total. The Balaban J connectivity index is 2.07. The first-order valence-corrected chi connectivity index (χ1v) is 7.57. The summed E-state index contributed by atoms with van der Waals surface area (Å²) in [6.45, 7) is 3.23. The maximum atomic E-state index is 12.6. The van der Waals surface area contributed by atoms with Gasteiger partial charge in [0.25, 0.3) is 5.91 Å². The van der Waals surface area contributed by atoms with Gasteiger partial charge in [-0.2, -0.15) is 0 Å². The zero-order valence-corrected chi connectivity index (χ0v) is 13.4. The minimum Gasteiger partial charge on any atom is -0.481 e. The first-order chi connectivity index (χ1) is 11.0. The van der Waals surface area contributed by atoms with Crippen LogP contribution < -0.4 is 4.74 Å². The van der Waals surface area contributed by atoms with E-state index in [1.165, 1.54) is 6.20 Å². The normalized spacial score (nSPS) is 21.0. The number of aromatic nitrogens is 1. The molecule has 1 aliphatic rings. The van der Waals surface area contributed by atoms with Crippen molar-refractivity contribution >= 4 is 11.9 Å². The second-order valence-corrected chi connectivity index (χ2v) is 5.92. The first-order valence-electron chi connectivity index (χ1n) is 7.57. The number of carboxylic acids is 1. The van der Waals surface area contributed by atoms with Gasteiger partial charge < -0.3 is 19.5 Å². The van der Waals surface area contributed by atoms with Gasteiger partial charge in [0.15, 0.2) is 0 Å². The average Bonchev–Trinajstić information content (AvgIpc) is 2.54. The molecule has 0 bridgehead atoms. The number of piperidine rings is 1. The minimum atomic E-state index is -0.890. The number of carbonyl (C=O) groups is 2. The highest BCUT2D eigenvalue weighted by atomic mass is 16.5. The molecule has 1 saturated heterocycles. The van der Waals surface area contributed by atoms with E-state index in [9.17, 15) is 14.7 Å². The van der Waals surface area contributed by atoms with E-state index in [4.69, 9.17) is 9.47 Å². The van der Waals surface area contributed by atoms with Gasteiger partial charge in [-0.3, -0.25) is 9.59 Å². The van der Waals surface area contributed by atoms with E-state index >= 15 is 0 Å². The van der Waals surface area contributed by atoms with Gasteiger partial charge in [-0.15, -0.1) is 0 Å². The highest BCUT2D eigenvalue weighted by Gasteiger charge is 2.39. The van der Waals surface area contributed by atoms with E-state index in [0.717, 1.165) is 0 Å². The summed E-state index contributed by atoms with van der Waals surface area (Å²) in [5.41, 5.74) is -0.444. The summed E-state index contributed by atoms with van der Waals surface area (Å²) in [5, 5.41) is 9.35. The van der Waals surface area contributed by atoms with Crippen molar-refractivity contribution in [2.24, 2.45) is 5.41 Å². The molecule has 1 aromatic rings. The lowest BCUT2D eigenvalue weighted by atomic mass is 9.82. The number of amides is 1. The Bertz CT molecular complexity index is 577. The number of methoxy groups -OCH3 is 1. The predicted octanol–water partition coefficient (Wildman–Crippen LogP) is 1.43. The van der Waals surface area contributed by atoms with E-state index in [-0.39, 0.29) is 12.5 Å². The van der Waals surface area contributed by atoms with Gasteiger partial charge in [0.2, 0.25) is 5.88 Å². The smallest absolute Gasteiger partial charge is 0.311 e. The molecule has 0 saturated carbocycles. The van der Waals surface area contributed by atoms with Crippen molar-refractivity contribution in [1.29, 1.82) is 0 Å². The Morgan fingerprint density at radius 3 is 2.91 bits per heavy atom. The molecule has 1 fully saturated rings. The molecule has 1 aliphatic heterocycles. The zero-order chi connectivity index (χ0) is 16.9. The zero-order valence-electron chi connectivity index (χ0n) is 13.4. The number of likely N-dealkylation sites (tertiary alicyclic amines) is 1.